The van der Waals surface area contributed by atoms with Gasteiger partial charge in [-0.05, 0) is 26.3 Å². The second-order valence-corrected chi connectivity index (χ2v) is 5.92. The molecule has 1 fully saturated rings. The first kappa shape index (κ1) is 15.7. The highest BCUT2D eigenvalue weighted by molar-refractivity contribution is 5.82. The van der Waals surface area contributed by atoms with E-state index in [1.165, 1.54) is 0 Å². The summed E-state index contributed by atoms with van der Waals surface area (Å²) >= 11 is 0. The Kier molecular flexibility index (Phi) is 5.12. The first-order valence-electron chi connectivity index (χ1n) is 7.57. The van der Waals surface area contributed by atoms with E-state index in [-0.39, 0.29) is 11.3 Å². The maximum atomic E-state index is 11.9. The van der Waals surface area contributed by atoms with Gasteiger partial charge in [0, 0.05) is 26.7 Å². The number of aromatic nitrogens is 2. The van der Waals surface area contributed by atoms with Gasteiger partial charge in [0.25, 0.3) is 0 Å². The summed E-state index contributed by atoms with van der Waals surface area (Å²) in [6, 6.07) is 0. The topological polar surface area (TPSA) is 70.2 Å². The number of hydrogen-bond acceptors (Lipinski definition) is 5. The van der Waals surface area contributed by atoms with Gasteiger partial charge in [-0.25, -0.2) is 4.98 Å². The number of carbonyl (C=O) groups excluding carboxylic acids is 1. The van der Waals surface area contributed by atoms with Crippen LogP contribution in [0.4, 0.5) is 5.82 Å². The molecular formula is C15H25N5O. The summed E-state index contributed by atoms with van der Waals surface area (Å²) in [7, 11) is 1.70. The van der Waals surface area contributed by atoms with Gasteiger partial charge in [-0.3, -0.25) is 14.7 Å². The number of anilines is 1. The molecule has 2 heterocycles. The molecule has 0 saturated carbocycles. The molecule has 116 valence electrons. The molecule has 1 saturated heterocycles. The van der Waals surface area contributed by atoms with E-state index in [9.17, 15) is 4.79 Å². The van der Waals surface area contributed by atoms with Gasteiger partial charge in [-0.2, -0.15) is 0 Å². The second kappa shape index (κ2) is 6.85. The van der Waals surface area contributed by atoms with Gasteiger partial charge in [0.15, 0.2) is 0 Å². The van der Waals surface area contributed by atoms with Gasteiger partial charge in [0.1, 0.15) is 5.82 Å². The van der Waals surface area contributed by atoms with Gasteiger partial charge < -0.3 is 10.6 Å². The number of amides is 1. The van der Waals surface area contributed by atoms with Crippen LogP contribution in [0.1, 0.15) is 32.4 Å². The van der Waals surface area contributed by atoms with Gasteiger partial charge in [0.05, 0.1) is 23.5 Å². The smallest absolute Gasteiger partial charge is 0.227 e. The molecule has 6 nitrogen and oxygen atoms in total. The molecule has 0 radical (unpaired) electrons. The van der Waals surface area contributed by atoms with Crippen molar-refractivity contribution in [1.29, 1.82) is 0 Å². The summed E-state index contributed by atoms with van der Waals surface area (Å²) in [5, 5.41) is 5.97. The van der Waals surface area contributed by atoms with Crippen LogP contribution in [0.5, 0.6) is 0 Å². The van der Waals surface area contributed by atoms with Crippen LogP contribution in [0.2, 0.25) is 0 Å². The third kappa shape index (κ3) is 3.91. The zero-order chi connectivity index (χ0) is 15.3. The number of nitrogens with one attached hydrogen (secondary N) is 2. The highest BCUT2D eigenvalue weighted by atomic mass is 16.2. The van der Waals surface area contributed by atoms with Crippen molar-refractivity contribution in [2.45, 2.75) is 33.2 Å². The maximum Gasteiger partial charge on any atom is 0.227 e. The fourth-order valence-corrected chi connectivity index (χ4v) is 2.69. The second-order valence-electron chi connectivity index (χ2n) is 5.92. The van der Waals surface area contributed by atoms with Crippen molar-refractivity contribution in [1.82, 2.24) is 20.2 Å². The fourth-order valence-electron chi connectivity index (χ4n) is 2.69. The van der Waals surface area contributed by atoms with Crippen molar-refractivity contribution in [2.75, 3.05) is 32.0 Å². The Bertz CT molecular complexity index is 475. The van der Waals surface area contributed by atoms with E-state index in [0.717, 1.165) is 50.5 Å². The summed E-state index contributed by atoms with van der Waals surface area (Å²) in [5.41, 5.74) is 0.656. The number of hydrogen-bond donors (Lipinski definition) is 2. The molecule has 0 aliphatic carbocycles. The minimum Gasteiger partial charge on any atom is -0.369 e. The van der Waals surface area contributed by atoms with Crippen LogP contribution >= 0.6 is 0 Å². The third-order valence-corrected chi connectivity index (χ3v) is 3.97. The first-order valence-corrected chi connectivity index (χ1v) is 7.57. The van der Waals surface area contributed by atoms with Crippen LogP contribution in [0.25, 0.3) is 0 Å². The van der Waals surface area contributed by atoms with E-state index >= 15 is 0 Å². The average molecular weight is 291 g/mol. The Morgan fingerprint density at radius 1 is 1.43 bits per heavy atom. The van der Waals surface area contributed by atoms with Crippen molar-refractivity contribution in [3.8, 4) is 0 Å². The Morgan fingerprint density at radius 3 is 2.86 bits per heavy atom. The monoisotopic (exact) mass is 291 g/mol. The predicted molar refractivity (Wildman–Crippen MR) is 82.9 cm³/mol. The molecule has 1 aromatic rings. The minimum atomic E-state index is -0.287. The molecule has 2 rings (SSSR count). The molecular weight excluding hydrogens is 266 g/mol. The SMILES string of the molecule is CCCNc1cnc(CN2CCC(C)(C(=O)NC)C2)cn1. The molecule has 1 aliphatic heterocycles. The zero-order valence-electron chi connectivity index (χ0n) is 13.1. The maximum absolute atomic E-state index is 11.9. The molecule has 0 spiro atoms. The van der Waals surface area contributed by atoms with E-state index in [4.69, 9.17) is 0 Å². The number of rotatable bonds is 6. The summed E-state index contributed by atoms with van der Waals surface area (Å²) in [6.45, 7) is 7.48. The molecule has 1 unspecified atom stereocenters. The molecule has 21 heavy (non-hydrogen) atoms. The zero-order valence-corrected chi connectivity index (χ0v) is 13.1. The molecule has 0 bridgehead atoms. The summed E-state index contributed by atoms with van der Waals surface area (Å²) < 4.78 is 0. The van der Waals surface area contributed by atoms with E-state index < -0.39 is 0 Å². The Labute approximate surface area is 126 Å². The molecule has 1 amide bonds. The molecule has 6 heteroatoms. The van der Waals surface area contributed by atoms with E-state index in [1.54, 1.807) is 13.2 Å². The van der Waals surface area contributed by atoms with Crippen molar-refractivity contribution >= 4 is 11.7 Å². The van der Waals surface area contributed by atoms with Crippen molar-refractivity contribution < 1.29 is 4.79 Å². The lowest BCUT2D eigenvalue weighted by Gasteiger charge is -2.22. The van der Waals surface area contributed by atoms with Gasteiger partial charge in [-0.15, -0.1) is 0 Å². The van der Waals surface area contributed by atoms with E-state index in [0.29, 0.717) is 0 Å². The van der Waals surface area contributed by atoms with Crippen molar-refractivity contribution in [2.24, 2.45) is 5.41 Å². The van der Waals surface area contributed by atoms with Crippen LogP contribution in [0.3, 0.4) is 0 Å². The normalized spacial score (nSPS) is 22.2. The Hall–Kier alpha value is -1.69. The van der Waals surface area contributed by atoms with Gasteiger partial charge in [-0.1, -0.05) is 6.92 Å². The van der Waals surface area contributed by atoms with Crippen LogP contribution in [0.15, 0.2) is 12.4 Å². The number of likely N-dealkylation sites (tertiary alicyclic amines) is 1. The molecule has 1 aromatic heterocycles. The fraction of sp³-hybridized carbons (Fsp3) is 0.667. The van der Waals surface area contributed by atoms with Crippen LogP contribution < -0.4 is 10.6 Å². The highest BCUT2D eigenvalue weighted by Crippen LogP contribution is 2.30. The minimum absolute atomic E-state index is 0.121. The van der Waals surface area contributed by atoms with E-state index in [1.807, 2.05) is 13.1 Å². The quantitative estimate of drug-likeness (QED) is 0.825. The molecule has 0 aromatic carbocycles. The lowest BCUT2D eigenvalue weighted by atomic mass is 9.89. The lowest BCUT2D eigenvalue weighted by molar-refractivity contribution is -0.129. The standard InChI is InChI=1S/C15H25N5O/c1-4-6-17-13-9-18-12(8-19-13)10-20-7-5-15(2,11-20)14(21)16-3/h8-9H,4-7,10-11H2,1-3H3,(H,16,21)(H,17,19). The van der Waals surface area contributed by atoms with Crippen LogP contribution in [0, 0.1) is 5.41 Å². The summed E-state index contributed by atoms with van der Waals surface area (Å²) in [5.74, 6) is 0.937. The molecule has 2 N–H and O–H groups in total. The lowest BCUT2D eigenvalue weighted by Crippen LogP contribution is -2.39. The van der Waals surface area contributed by atoms with Crippen molar-refractivity contribution in [3.05, 3.63) is 18.1 Å². The highest BCUT2D eigenvalue weighted by Gasteiger charge is 2.39. The average Bonchev–Trinajstić information content (AvgIpc) is 2.88. The van der Waals surface area contributed by atoms with Crippen molar-refractivity contribution in [3.63, 3.8) is 0 Å². The molecule has 1 aliphatic rings. The van der Waals surface area contributed by atoms with Gasteiger partial charge in [0.2, 0.25) is 5.91 Å². The number of nitrogens with zero attached hydrogens (tertiary/aromatic N) is 3. The summed E-state index contributed by atoms with van der Waals surface area (Å²) in [4.78, 5) is 23.0. The van der Waals surface area contributed by atoms with Crippen LogP contribution in [-0.2, 0) is 11.3 Å². The Balaban J connectivity index is 1.90. The third-order valence-electron chi connectivity index (χ3n) is 3.97. The number of carbonyl (C=O) groups is 1. The van der Waals surface area contributed by atoms with E-state index in [2.05, 4.69) is 32.4 Å². The van der Waals surface area contributed by atoms with Crippen LogP contribution in [-0.4, -0.2) is 47.5 Å². The first-order chi connectivity index (χ1) is 10.1. The largest absolute Gasteiger partial charge is 0.369 e. The Morgan fingerprint density at radius 2 is 2.24 bits per heavy atom. The molecule has 1 atom stereocenters. The predicted octanol–water partition coefficient (Wildman–Crippen LogP) is 1.26. The van der Waals surface area contributed by atoms with Gasteiger partial charge >= 0.3 is 0 Å². The summed E-state index contributed by atoms with van der Waals surface area (Å²) in [6.07, 6.45) is 5.54.